The maximum atomic E-state index is 10.3. The molecule has 0 saturated carbocycles. The Hall–Kier alpha value is -2.79. The summed E-state index contributed by atoms with van der Waals surface area (Å²) in [7, 11) is 0. The first-order valence-corrected chi connectivity index (χ1v) is 9.76. The molecule has 4 rings (SSSR count). The molecule has 1 saturated heterocycles. The molecule has 3 aromatic rings. The van der Waals surface area contributed by atoms with Crippen LogP contribution in [0.25, 0.3) is 11.2 Å². The predicted molar refractivity (Wildman–Crippen MR) is 108 cm³/mol. The molecule has 5 atom stereocenters. The highest BCUT2D eigenvalue weighted by Gasteiger charge is 2.44. The number of aliphatic hydroxyl groups excluding tert-OH is 3. The van der Waals surface area contributed by atoms with Gasteiger partial charge < -0.3 is 30.1 Å². The summed E-state index contributed by atoms with van der Waals surface area (Å²) in [6, 6.07) is 9.47. The average molecular weight is 415 g/mol. The fraction of sp³-hybridized carbons (Fsp3) is 0.450. The van der Waals surface area contributed by atoms with Gasteiger partial charge in [-0.05, 0) is 26.0 Å². The standard InChI is InChI=1S/C20H25N5O5/c1-11(9-29-13-6-4-3-5-7-13)22-18-15-19(24-12(2)23-18)25(10-21-15)20-17(28)16(27)14(8-26)30-20/h3-7,10-11,14,16-17,20,26-28H,8-9H2,1-2H3,(H,22,23,24)/t11?,14-,16?,17?,20-/m1/s1. The minimum atomic E-state index is -1.22. The number of benzene rings is 1. The summed E-state index contributed by atoms with van der Waals surface area (Å²) in [4.78, 5) is 13.3. The third-order valence-corrected chi connectivity index (χ3v) is 4.95. The van der Waals surface area contributed by atoms with Crippen LogP contribution in [-0.2, 0) is 4.74 Å². The first-order valence-electron chi connectivity index (χ1n) is 9.76. The maximum absolute atomic E-state index is 10.3. The quantitative estimate of drug-likeness (QED) is 0.438. The van der Waals surface area contributed by atoms with Crippen molar-refractivity contribution in [1.82, 2.24) is 19.5 Å². The van der Waals surface area contributed by atoms with Crippen LogP contribution in [0.15, 0.2) is 36.7 Å². The van der Waals surface area contributed by atoms with Crippen molar-refractivity contribution < 1.29 is 24.8 Å². The molecular weight excluding hydrogens is 390 g/mol. The van der Waals surface area contributed by atoms with E-state index in [0.717, 1.165) is 5.75 Å². The van der Waals surface area contributed by atoms with Crippen molar-refractivity contribution >= 4 is 17.0 Å². The number of aliphatic hydroxyl groups is 3. The van der Waals surface area contributed by atoms with E-state index in [0.29, 0.717) is 29.4 Å². The van der Waals surface area contributed by atoms with Crippen LogP contribution >= 0.6 is 0 Å². The molecular formula is C20H25N5O5. The van der Waals surface area contributed by atoms with E-state index in [1.165, 1.54) is 6.33 Å². The third kappa shape index (κ3) is 3.94. The van der Waals surface area contributed by atoms with E-state index in [1.54, 1.807) is 11.5 Å². The summed E-state index contributed by atoms with van der Waals surface area (Å²) < 4.78 is 12.9. The molecule has 1 aromatic carbocycles. The van der Waals surface area contributed by atoms with Gasteiger partial charge in [0.1, 0.15) is 36.5 Å². The van der Waals surface area contributed by atoms with E-state index in [9.17, 15) is 15.3 Å². The number of imidazole rings is 1. The number of nitrogens with one attached hydrogen (secondary N) is 1. The van der Waals surface area contributed by atoms with E-state index < -0.39 is 31.1 Å². The summed E-state index contributed by atoms with van der Waals surface area (Å²) in [6.07, 6.45) is -2.73. The van der Waals surface area contributed by atoms with Gasteiger partial charge in [-0.1, -0.05) is 18.2 Å². The fourth-order valence-electron chi connectivity index (χ4n) is 3.44. The Labute approximate surface area is 173 Å². The number of anilines is 1. The zero-order valence-corrected chi connectivity index (χ0v) is 16.7. The lowest BCUT2D eigenvalue weighted by molar-refractivity contribution is -0.0511. The number of nitrogens with zero attached hydrogens (tertiary/aromatic N) is 4. The van der Waals surface area contributed by atoms with Crippen LogP contribution in [-0.4, -0.2) is 72.4 Å². The molecule has 0 amide bonds. The van der Waals surface area contributed by atoms with E-state index >= 15 is 0 Å². The lowest BCUT2D eigenvalue weighted by atomic mass is 10.1. The largest absolute Gasteiger partial charge is 0.491 e. The predicted octanol–water partition coefficient (Wildman–Crippen LogP) is 0.626. The van der Waals surface area contributed by atoms with Crippen LogP contribution in [0.3, 0.4) is 0 Å². The fourth-order valence-corrected chi connectivity index (χ4v) is 3.44. The lowest BCUT2D eigenvalue weighted by Gasteiger charge is -2.18. The number of aryl methyl sites for hydroxylation is 1. The molecule has 10 heteroatoms. The third-order valence-electron chi connectivity index (χ3n) is 4.95. The van der Waals surface area contributed by atoms with E-state index in [1.807, 2.05) is 37.3 Å². The van der Waals surface area contributed by atoms with E-state index in [4.69, 9.17) is 9.47 Å². The van der Waals surface area contributed by atoms with Gasteiger partial charge in [-0.25, -0.2) is 15.0 Å². The van der Waals surface area contributed by atoms with Gasteiger partial charge in [-0.15, -0.1) is 0 Å². The maximum Gasteiger partial charge on any atom is 0.167 e. The molecule has 0 radical (unpaired) electrons. The van der Waals surface area contributed by atoms with Gasteiger partial charge in [-0.3, -0.25) is 4.57 Å². The second kappa shape index (κ2) is 8.52. The highest BCUT2D eigenvalue weighted by atomic mass is 16.6. The number of rotatable bonds is 7. The summed E-state index contributed by atoms with van der Waals surface area (Å²) in [5.41, 5.74) is 0.959. The molecule has 4 N–H and O–H groups in total. The van der Waals surface area contributed by atoms with Crippen LogP contribution in [0.5, 0.6) is 5.75 Å². The van der Waals surface area contributed by atoms with E-state index in [2.05, 4.69) is 20.3 Å². The summed E-state index contributed by atoms with van der Waals surface area (Å²) in [5.74, 6) is 1.82. The van der Waals surface area contributed by atoms with Crippen molar-refractivity contribution in [1.29, 1.82) is 0 Å². The van der Waals surface area contributed by atoms with Gasteiger partial charge in [0.2, 0.25) is 0 Å². The van der Waals surface area contributed by atoms with Crippen molar-refractivity contribution in [2.75, 3.05) is 18.5 Å². The Morgan fingerprint density at radius 3 is 2.67 bits per heavy atom. The highest BCUT2D eigenvalue weighted by molar-refractivity contribution is 5.83. The monoisotopic (exact) mass is 415 g/mol. The number of fused-ring (bicyclic) bond motifs is 1. The molecule has 0 spiro atoms. The van der Waals surface area contributed by atoms with Crippen molar-refractivity contribution in [3.05, 3.63) is 42.5 Å². The molecule has 160 valence electrons. The van der Waals surface area contributed by atoms with Gasteiger partial charge in [0, 0.05) is 0 Å². The Morgan fingerprint density at radius 2 is 1.97 bits per heavy atom. The number of para-hydroxylation sites is 1. The Kier molecular flexibility index (Phi) is 5.82. The minimum Gasteiger partial charge on any atom is -0.491 e. The van der Waals surface area contributed by atoms with Gasteiger partial charge in [-0.2, -0.15) is 0 Å². The number of ether oxygens (including phenoxy) is 2. The molecule has 2 aromatic heterocycles. The Morgan fingerprint density at radius 1 is 1.20 bits per heavy atom. The molecule has 3 unspecified atom stereocenters. The highest BCUT2D eigenvalue weighted by Crippen LogP contribution is 2.32. The number of aromatic nitrogens is 4. The minimum absolute atomic E-state index is 0.0678. The van der Waals surface area contributed by atoms with Crippen LogP contribution in [0.4, 0.5) is 5.82 Å². The van der Waals surface area contributed by atoms with Crippen LogP contribution in [0.1, 0.15) is 19.0 Å². The molecule has 1 aliphatic rings. The van der Waals surface area contributed by atoms with Crippen LogP contribution < -0.4 is 10.1 Å². The molecule has 1 fully saturated rings. The van der Waals surface area contributed by atoms with Crippen LogP contribution in [0.2, 0.25) is 0 Å². The number of hydrogen-bond acceptors (Lipinski definition) is 9. The first-order chi connectivity index (χ1) is 14.5. The molecule has 10 nitrogen and oxygen atoms in total. The van der Waals surface area contributed by atoms with Crippen molar-refractivity contribution in [2.45, 2.75) is 44.4 Å². The van der Waals surface area contributed by atoms with Gasteiger partial charge >= 0.3 is 0 Å². The van der Waals surface area contributed by atoms with Gasteiger partial charge in [0.15, 0.2) is 23.2 Å². The topological polar surface area (TPSA) is 135 Å². The molecule has 30 heavy (non-hydrogen) atoms. The second-order valence-electron chi connectivity index (χ2n) is 7.34. The molecule has 0 bridgehead atoms. The summed E-state index contributed by atoms with van der Waals surface area (Å²) in [5, 5.41) is 33.0. The first kappa shape index (κ1) is 20.5. The molecule has 3 heterocycles. The Bertz CT molecular complexity index is 998. The van der Waals surface area contributed by atoms with Crippen LogP contribution in [0, 0.1) is 6.92 Å². The van der Waals surface area contributed by atoms with Crippen molar-refractivity contribution in [3.63, 3.8) is 0 Å². The second-order valence-corrected chi connectivity index (χ2v) is 7.34. The summed E-state index contributed by atoms with van der Waals surface area (Å²) in [6.45, 7) is 3.74. The van der Waals surface area contributed by atoms with Gasteiger partial charge in [0.25, 0.3) is 0 Å². The SMILES string of the molecule is Cc1nc(NC(C)COc2ccccc2)c2ncn([C@@H]3O[C@H](CO)C(O)C3O)c2n1. The zero-order chi connectivity index (χ0) is 21.3. The smallest absolute Gasteiger partial charge is 0.167 e. The molecule has 1 aliphatic heterocycles. The van der Waals surface area contributed by atoms with Gasteiger partial charge in [0.05, 0.1) is 19.0 Å². The number of hydrogen-bond donors (Lipinski definition) is 4. The Balaban J connectivity index is 1.55. The summed E-state index contributed by atoms with van der Waals surface area (Å²) >= 11 is 0. The normalized spacial score (nSPS) is 24.8. The molecule has 0 aliphatic carbocycles. The van der Waals surface area contributed by atoms with E-state index in [-0.39, 0.29) is 6.04 Å². The zero-order valence-electron chi connectivity index (χ0n) is 16.7. The van der Waals surface area contributed by atoms with Crippen molar-refractivity contribution in [2.24, 2.45) is 0 Å². The van der Waals surface area contributed by atoms with Crippen molar-refractivity contribution in [3.8, 4) is 5.75 Å². The lowest BCUT2D eigenvalue weighted by Crippen LogP contribution is -2.33. The average Bonchev–Trinajstić information content (AvgIpc) is 3.28.